The largest absolute Gasteiger partial charge is 0.465 e. The van der Waals surface area contributed by atoms with Crippen LogP contribution in [0.1, 0.15) is 25.2 Å². The third-order valence-electron chi connectivity index (χ3n) is 8.91. The lowest BCUT2D eigenvalue weighted by atomic mass is 10.0. The highest BCUT2D eigenvalue weighted by atomic mass is 28.3. The Bertz CT molecular complexity index is 1890. The van der Waals surface area contributed by atoms with E-state index in [0.29, 0.717) is 26.4 Å². The average molecular weight is 664 g/mol. The van der Waals surface area contributed by atoms with Gasteiger partial charge in [0.2, 0.25) is 0 Å². The molecule has 0 radical (unpaired) electrons. The van der Waals surface area contributed by atoms with Gasteiger partial charge in [0.15, 0.2) is 0 Å². The first-order chi connectivity index (χ1) is 22.9. The minimum absolute atomic E-state index is 0.0647. The Hall–Kier alpha value is -4.45. The number of carboxylic acid groups (broad SMARTS) is 1. The van der Waals surface area contributed by atoms with Crippen LogP contribution in [0, 0.1) is 6.92 Å². The van der Waals surface area contributed by atoms with Crippen LogP contribution in [0.15, 0.2) is 73.3 Å². The zero-order valence-corrected chi connectivity index (χ0v) is 29.7. The number of amides is 1. The number of ether oxygens (including phenoxy) is 1. The van der Waals surface area contributed by atoms with Gasteiger partial charge in [-0.25, -0.2) is 9.78 Å². The average Bonchev–Trinajstić information content (AvgIpc) is 3.46. The van der Waals surface area contributed by atoms with Crippen LogP contribution in [0.4, 0.5) is 4.79 Å². The van der Waals surface area contributed by atoms with Crippen LogP contribution < -0.4 is 0 Å². The maximum Gasteiger partial charge on any atom is 0.407 e. The molecule has 1 N–H and O–H groups in total. The zero-order chi connectivity index (χ0) is 34.0. The van der Waals surface area contributed by atoms with Crippen LogP contribution >= 0.6 is 0 Å². The quantitative estimate of drug-likeness (QED) is 0.122. The summed E-state index contributed by atoms with van der Waals surface area (Å²) in [6, 6.07) is 19.6. The van der Waals surface area contributed by atoms with Crippen molar-refractivity contribution in [3.8, 4) is 33.8 Å². The predicted molar refractivity (Wildman–Crippen MR) is 192 cm³/mol. The first kappa shape index (κ1) is 33.4. The first-order valence-electron chi connectivity index (χ1n) is 16.6. The van der Waals surface area contributed by atoms with Crippen LogP contribution in [0.3, 0.4) is 0 Å². The lowest BCUT2D eigenvalue weighted by Crippen LogP contribution is -2.57. The smallest absolute Gasteiger partial charge is 0.407 e. The SMILES string of the molecule is Cc1cccc(-c2c(-c3ccc4ncc(-c5ccc(CN6C[C@@H](C)N(C(=O)O)[C@@H](C)C6)nc5)cc4c3)ncn2COCC[Si](C)(C)C)n1. The molecule has 1 aliphatic heterocycles. The topological polar surface area (TPSA) is 110 Å². The van der Waals surface area contributed by atoms with Gasteiger partial charge in [0, 0.05) is 86.6 Å². The van der Waals surface area contributed by atoms with Crippen molar-refractivity contribution in [2.45, 2.75) is 71.8 Å². The van der Waals surface area contributed by atoms with Crippen molar-refractivity contribution in [2.24, 2.45) is 0 Å². The summed E-state index contributed by atoms with van der Waals surface area (Å²) in [5, 5.41) is 10.6. The Morgan fingerprint density at radius 3 is 2.35 bits per heavy atom. The number of hydrogen-bond donors (Lipinski definition) is 1. The van der Waals surface area contributed by atoms with Gasteiger partial charge >= 0.3 is 6.09 Å². The fourth-order valence-corrected chi connectivity index (χ4v) is 7.23. The van der Waals surface area contributed by atoms with Gasteiger partial charge in [-0.3, -0.25) is 19.9 Å². The van der Waals surface area contributed by atoms with Crippen molar-refractivity contribution in [2.75, 3.05) is 19.7 Å². The number of benzene rings is 1. The molecule has 0 aliphatic carbocycles. The van der Waals surface area contributed by atoms with Crippen molar-refractivity contribution < 1.29 is 14.6 Å². The molecule has 0 spiro atoms. The summed E-state index contributed by atoms with van der Waals surface area (Å²) in [7, 11) is -1.20. The highest BCUT2D eigenvalue weighted by Gasteiger charge is 2.32. The second-order valence-corrected chi connectivity index (χ2v) is 19.8. The lowest BCUT2D eigenvalue weighted by molar-refractivity contribution is 0.0376. The van der Waals surface area contributed by atoms with Gasteiger partial charge < -0.3 is 19.3 Å². The van der Waals surface area contributed by atoms with E-state index in [-0.39, 0.29) is 12.1 Å². The van der Waals surface area contributed by atoms with E-state index in [1.165, 1.54) is 0 Å². The van der Waals surface area contributed by atoms with Gasteiger partial charge in [0.05, 0.1) is 34.6 Å². The maximum atomic E-state index is 11.6. The van der Waals surface area contributed by atoms with E-state index < -0.39 is 14.2 Å². The van der Waals surface area contributed by atoms with Gasteiger partial charge in [-0.15, -0.1) is 0 Å². The summed E-state index contributed by atoms with van der Waals surface area (Å²) < 4.78 is 8.19. The third-order valence-corrected chi connectivity index (χ3v) is 10.6. The van der Waals surface area contributed by atoms with E-state index in [4.69, 9.17) is 24.7 Å². The van der Waals surface area contributed by atoms with Crippen LogP contribution in [-0.2, 0) is 18.0 Å². The number of carbonyl (C=O) groups is 1. The molecule has 250 valence electrons. The zero-order valence-electron chi connectivity index (χ0n) is 28.7. The van der Waals surface area contributed by atoms with Crippen molar-refractivity contribution in [3.05, 3.63) is 84.7 Å². The summed E-state index contributed by atoms with van der Waals surface area (Å²) in [6.45, 7) is 16.2. The number of fused-ring (bicyclic) bond motifs is 1. The van der Waals surface area contributed by atoms with Gasteiger partial charge in [0.25, 0.3) is 0 Å². The fourth-order valence-electron chi connectivity index (χ4n) is 6.47. The van der Waals surface area contributed by atoms with E-state index >= 15 is 0 Å². The number of aryl methyl sites for hydroxylation is 1. The van der Waals surface area contributed by atoms with Crippen LogP contribution in [0.2, 0.25) is 25.7 Å². The third kappa shape index (κ3) is 7.64. The van der Waals surface area contributed by atoms with E-state index in [0.717, 1.165) is 68.7 Å². The normalized spacial score (nSPS) is 17.2. The number of imidazole rings is 1. The summed E-state index contributed by atoms with van der Waals surface area (Å²) in [6.07, 6.45) is 4.78. The molecule has 0 unspecified atom stereocenters. The van der Waals surface area contributed by atoms with E-state index in [2.05, 4.69) is 53.4 Å². The number of nitrogens with zero attached hydrogens (tertiary/aromatic N) is 7. The second-order valence-electron chi connectivity index (χ2n) is 14.2. The predicted octanol–water partition coefficient (Wildman–Crippen LogP) is 7.42. The van der Waals surface area contributed by atoms with Gasteiger partial charge in [-0.2, -0.15) is 0 Å². The summed E-state index contributed by atoms with van der Waals surface area (Å²) in [4.78, 5) is 34.7. The van der Waals surface area contributed by atoms with Crippen LogP contribution in [0.5, 0.6) is 0 Å². The van der Waals surface area contributed by atoms with Gasteiger partial charge in [-0.1, -0.05) is 37.8 Å². The van der Waals surface area contributed by atoms with Crippen molar-refractivity contribution in [1.82, 2.24) is 34.3 Å². The number of aromatic nitrogens is 5. The van der Waals surface area contributed by atoms with E-state index in [1.807, 2.05) is 69.8 Å². The molecular weight excluding hydrogens is 619 g/mol. The Morgan fingerprint density at radius 2 is 1.67 bits per heavy atom. The fraction of sp³-hybridized carbons (Fsp3) is 0.378. The number of rotatable bonds is 10. The Kier molecular flexibility index (Phi) is 9.72. The summed E-state index contributed by atoms with van der Waals surface area (Å²) in [5.74, 6) is 0. The van der Waals surface area contributed by atoms with Gasteiger partial charge in [-0.05, 0) is 63.2 Å². The summed E-state index contributed by atoms with van der Waals surface area (Å²) >= 11 is 0. The van der Waals surface area contributed by atoms with Crippen molar-refractivity contribution >= 4 is 25.1 Å². The molecule has 4 aromatic heterocycles. The van der Waals surface area contributed by atoms with E-state index in [9.17, 15) is 9.90 Å². The number of piperazine rings is 1. The minimum atomic E-state index is -1.20. The van der Waals surface area contributed by atoms with Gasteiger partial charge in [0.1, 0.15) is 6.73 Å². The molecule has 5 heterocycles. The van der Waals surface area contributed by atoms with Crippen molar-refractivity contribution in [1.29, 1.82) is 0 Å². The molecule has 0 bridgehead atoms. The molecule has 10 nitrogen and oxygen atoms in total. The second kappa shape index (κ2) is 14.0. The molecule has 0 saturated carbocycles. The maximum absolute atomic E-state index is 11.6. The monoisotopic (exact) mass is 663 g/mol. The molecular formula is C37H45N7O3Si. The molecule has 48 heavy (non-hydrogen) atoms. The highest BCUT2D eigenvalue weighted by molar-refractivity contribution is 6.76. The lowest BCUT2D eigenvalue weighted by Gasteiger charge is -2.42. The van der Waals surface area contributed by atoms with Crippen LogP contribution in [-0.4, -0.2) is 85.4 Å². The number of hydrogen-bond acceptors (Lipinski definition) is 7. The molecule has 1 saturated heterocycles. The molecule has 1 aromatic carbocycles. The first-order valence-corrected chi connectivity index (χ1v) is 20.3. The van der Waals surface area contributed by atoms with Crippen LogP contribution in [0.25, 0.3) is 44.7 Å². The molecule has 5 aromatic rings. The molecule has 2 atom stereocenters. The van der Waals surface area contributed by atoms with E-state index in [1.54, 1.807) is 4.90 Å². The summed E-state index contributed by atoms with van der Waals surface area (Å²) in [5.41, 5.74) is 8.41. The Labute approximate surface area is 283 Å². The highest BCUT2D eigenvalue weighted by Crippen LogP contribution is 2.33. The Balaban J connectivity index is 1.24. The molecule has 1 aliphatic rings. The minimum Gasteiger partial charge on any atom is -0.465 e. The standard InChI is InChI=1S/C37H45N7O3Si/c1-25-8-7-9-34(41-25)36-35(40-23-43(36)24-47-14-15-48(4,5)6)28-11-13-33-30(16-28)17-31(19-39-33)29-10-12-32(38-18-29)22-42-20-26(2)44(37(45)46)27(3)21-42/h7-13,16-19,23,26-27H,14-15,20-22,24H2,1-6H3,(H,45,46)/t26-,27+. The molecule has 6 rings (SSSR count). The van der Waals surface area contributed by atoms with Crippen molar-refractivity contribution in [3.63, 3.8) is 0 Å². The molecule has 11 heteroatoms. The Morgan fingerprint density at radius 1 is 0.938 bits per heavy atom. The molecule has 1 fully saturated rings. The molecule has 1 amide bonds. The number of pyridine rings is 3.